The summed E-state index contributed by atoms with van der Waals surface area (Å²) in [4.78, 5) is 21.8. The Morgan fingerprint density at radius 3 is 2.60 bits per heavy atom. The highest BCUT2D eigenvalue weighted by molar-refractivity contribution is 14.0. The highest BCUT2D eigenvalue weighted by atomic mass is 127. The molecule has 0 spiro atoms. The smallest absolute Gasteiger partial charge is 0.225 e. The lowest BCUT2D eigenvalue weighted by molar-refractivity contribution is -0.140. The van der Waals surface area contributed by atoms with Crippen molar-refractivity contribution in [1.29, 1.82) is 0 Å². The molecule has 0 unspecified atom stereocenters. The zero-order valence-corrected chi connectivity index (χ0v) is 20.6. The Morgan fingerprint density at radius 1 is 1.20 bits per heavy atom. The van der Waals surface area contributed by atoms with Gasteiger partial charge in [-0.3, -0.25) is 9.79 Å². The molecular formula is C20H36IN7O2. The van der Waals surface area contributed by atoms with E-state index in [0.717, 1.165) is 83.3 Å². The molecule has 1 aromatic heterocycles. The molecule has 3 heterocycles. The van der Waals surface area contributed by atoms with Gasteiger partial charge >= 0.3 is 0 Å². The highest BCUT2D eigenvalue weighted by Gasteiger charge is 2.30. The summed E-state index contributed by atoms with van der Waals surface area (Å²) in [5.41, 5.74) is 0. The van der Waals surface area contributed by atoms with Crippen LogP contribution in [0.15, 0.2) is 11.3 Å². The second-order valence-electron chi connectivity index (χ2n) is 7.63. The first kappa shape index (κ1) is 24.8. The molecule has 1 aromatic rings. The van der Waals surface area contributed by atoms with Crippen LogP contribution in [0.2, 0.25) is 0 Å². The van der Waals surface area contributed by atoms with Gasteiger partial charge in [-0.1, -0.05) is 13.8 Å². The molecule has 2 fully saturated rings. The summed E-state index contributed by atoms with van der Waals surface area (Å²) >= 11 is 0. The monoisotopic (exact) mass is 533 g/mol. The van der Waals surface area contributed by atoms with Crippen molar-refractivity contribution in [3.8, 4) is 0 Å². The van der Waals surface area contributed by atoms with E-state index in [-0.39, 0.29) is 29.9 Å². The average Bonchev–Trinajstić information content (AvgIpc) is 3.24. The van der Waals surface area contributed by atoms with Crippen LogP contribution >= 0.6 is 24.0 Å². The zero-order chi connectivity index (χ0) is 20.5. The van der Waals surface area contributed by atoms with Crippen LogP contribution in [-0.4, -0.2) is 88.9 Å². The molecule has 9 nitrogen and oxygen atoms in total. The van der Waals surface area contributed by atoms with Gasteiger partial charge < -0.3 is 24.4 Å². The van der Waals surface area contributed by atoms with E-state index in [0.29, 0.717) is 19.1 Å². The van der Waals surface area contributed by atoms with E-state index < -0.39 is 0 Å². The van der Waals surface area contributed by atoms with Gasteiger partial charge in [-0.25, -0.2) is 0 Å². The molecule has 0 aliphatic carbocycles. The number of halogens is 1. The van der Waals surface area contributed by atoms with Gasteiger partial charge in [-0.15, -0.1) is 34.2 Å². The number of ether oxygens (including phenoxy) is 1. The van der Waals surface area contributed by atoms with Crippen molar-refractivity contribution in [3.63, 3.8) is 0 Å². The van der Waals surface area contributed by atoms with Crippen LogP contribution in [0, 0.1) is 5.92 Å². The molecule has 0 aromatic carbocycles. The van der Waals surface area contributed by atoms with Gasteiger partial charge in [0.15, 0.2) is 5.96 Å². The Balaban J connectivity index is 0.00000320. The molecule has 0 saturated carbocycles. The fraction of sp³-hybridized carbons (Fsp3) is 0.800. The van der Waals surface area contributed by atoms with Crippen LogP contribution in [0.25, 0.3) is 0 Å². The van der Waals surface area contributed by atoms with Crippen molar-refractivity contribution in [3.05, 3.63) is 12.2 Å². The lowest BCUT2D eigenvalue weighted by Crippen LogP contribution is -2.50. The standard InChI is InChI=1S/C20H35N7O2.HI/c1-3-7-21-20(22-8-11-27-16-23-24-18(27)4-2)26-9-5-17(6-10-26)19(28)25-12-14-29-15-13-25;/h16-17H,3-15H2,1-2H3,(H,21,22);1H. The summed E-state index contributed by atoms with van der Waals surface area (Å²) < 4.78 is 7.45. The Kier molecular flexibility index (Phi) is 10.8. The Hall–Kier alpha value is -1.43. The number of guanidine groups is 1. The van der Waals surface area contributed by atoms with Gasteiger partial charge in [0.1, 0.15) is 12.2 Å². The number of amides is 1. The molecule has 0 bridgehead atoms. The van der Waals surface area contributed by atoms with Crippen molar-refractivity contribution in [2.45, 2.75) is 46.1 Å². The van der Waals surface area contributed by atoms with E-state index in [9.17, 15) is 4.79 Å². The van der Waals surface area contributed by atoms with Gasteiger partial charge in [0.2, 0.25) is 5.91 Å². The largest absolute Gasteiger partial charge is 0.378 e. The Labute approximate surface area is 196 Å². The summed E-state index contributed by atoms with van der Waals surface area (Å²) in [7, 11) is 0. The van der Waals surface area contributed by atoms with Gasteiger partial charge in [0.25, 0.3) is 0 Å². The van der Waals surface area contributed by atoms with E-state index in [4.69, 9.17) is 9.73 Å². The quantitative estimate of drug-likeness (QED) is 0.324. The van der Waals surface area contributed by atoms with Crippen molar-refractivity contribution in [2.24, 2.45) is 10.9 Å². The maximum atomic E-state index is 12.8. The third kappa shape index (κ3) is 6.79. The molecular weight excluding hydrogens is 497 g/mol. The van der Waals surface area contributed by atoms with Crippen LogP contribution in [0.5, 0.6) is 0 Å². The molecule has 170 valence electrons. The van der Waals surface area contributed by atoms with Crippen LogP contribution in [0.3, 0.4) is 0 Å². The topological polar surface area (TPSA) is 87.9 Å². The van der Waals surface area contributed by atoms with Gasteiger partial charge in [0, 0.05) is 58.2 Å². The molecule has 3 rings (SSSR count). The number of rotatable bonds is 7. The van der Waals surface area contributed by atoms with E-state index in [1.165, 1.54) is 0 Å². The SMILES string of the molecule is CCCN=C(NCCn1cnnc1CC)N1CCC(C(=O)N2CCOCC2)CC1.I. The second kappa shape index (κ2) is 13.1. The summed E-state index contributed by atoms with van der Waals surface area (Å²) in [6.45, 7) is 11.1. The van der Waals surface area contributed by atoms with E-state index in [1.54, 1.807) is 6.33 Å². The van der Waals surface area contributed by atoms with E-state index in [2.05, 4.69) is 38.8 Å². The molecule has 0 radical (unpaired) electrons. The fourth-order valence-corrected chi connectivity index (χ4v) is 3.89. The number of aliphatic imine (C=N–C) groups is 1. The lowest BCUT2D eigenvalue weighted by Gasteiger charge is -2.36. The number of likely N-dealkylation sites (tertiary alicyclic amines) is 1. The number of morpholine rings is 1. The first-order chi connectivity index (χ1) is 14.2. The minimum Gasteiger partial charge on any atom is -0.378 e. The Morgan fingerprint density at radius 2 is 1.93 bits per heavy atom. The molecule has 10 heteroatoms. The van der Waals surface area contributed by atoms with Gasteiger partial charge in [-0.2, -0.15) is 0 Å². The van der Waals surface area contributed by atoms with Crippen LogP contribution in [0.1, 0.15) is 38.9 Å². The molecule has 30 heavy (non-hydrogen) atoms. The lowest BCUT2D eigenvalue weighted by atomic mass is 9.95. The van der Waals surface area contributed by atoms with Crippen LogP contribution in [0.4, 0.5) is 0 Å². The average molecular weight is 533 g/mol. The second-order valence-corrected chi connectivity index (χ2v) is 7.63. The maximum absolute atomic E-state index is 12.8. The molecule has 2 aliphatic heterocycles. The third-order valence-electron chi connectivity index (χ3n) is 5.60. The number of carbonyl (C=O) groups excluding carboxylic acids is 1. The first-order valence-corrected chi connectivity index (χ1v) is 11.0. The summed E-state index contributed by atoms with van der Waals surface area (Å²) in [6.07, 6.45) is 5.44. The van der Waals surface area contributed by atoms with Gasteiger partial charge in [-0.05, 0) is 19.3 Å². The minimum atomic E-state index is 0. The molecule has 2 aliphatic rings. The predicted octanol–water partition coefficient (Wildman–Crippen LogP) is 1.38. The summed E-state index contributed by atoms with van der Waals surface area (Å²) in [5, 5.41) is 11.6. The molecule has 1 amide bonds. The maximum Gasteiger partial charge on any atom is 0.225 e. The van der Waals surface area contributed by atoms with Gasteiger partial charge in [0.05, 0.1) is 13.2 Å². The summed E-state index contributed by atoms with van der Waals surface area (Å²) in [6, 6.07) is 0. The molecule has 1 N–H and O–H groups in total. The predicted molar refractivity (Wildman–Crippen MR) is 127 cm³/mol. The molecule has 0 atom stereocenters. The normalized spacial score (nSPS) is 18.3. The highest BCUT2D eigenvalue weighted by Crippen LogP contribution is 2.20. The Bertz CT molecular complexity index is 668. The minimum absolute atomic E-state index is 0. The molecule has 2 saturated heterocycles. The van der Waals surface area contributed by atoms with Crippen molar-refractivity contribution < 1.29 is 9.53 Å². The number of hydrogen-bond acceptors (Lipinski definition) is 5. The first-order valence-electron chi connectivity index (χ1n) is 11.0. The van der Waals surface area contributed by atoms with Crippen LogP contribution < -0.4 is 5.32 Å². The zero-order valence-electron chi connectivity index (χ0n) is 18.3. The summed E-state index contributed by atoms with van der Waals surface area (Å²) in [5.74, 6) is 2.38. The number of nitrogens with one attached hydrogen (secondary N) is 1. The fourth-order valence-electron chi connectivity index (χ4n) is 3.89. The third-order valence-corrected chi connectivity index (χ3v) is 5.60. The number of aromatic nitrogens is 3. The van der Waals surface area contributed by atoms with Crippen molar-refractivity contribution >= 4 is 35.8 Å². The van der Waals surface area contributed by atoms with Crippen molar-refractivity contribution in [2.75, 3.05) is 52.5 Å². The number of aryl methyl sites for hydroxylation is 1. The van der Waals surface area contributed by atoms with E-state index in [1.807, 2.05) is 4.90 Å². The number of piperidine rings is 1. The van der Waals surface area contributed by atoms with E-state index >= 15 is 0 Å². The van der Waals surface area contributed by atoms with Crippen molar-refractivity contribution in [1.82, 2.24) is 29.9 Å². The number of hydrogen-bond donors (Lipinski definition) is 1. The number of nitrogens with zero attached hydrogens (tertiary/aromatic N) is 6. The number of carbonyl (C=O) groups is 1. The van der Waals surface area contributed by atoms with Crippen LogP contribution in [-0.2, 0) is 22.5 Å².